The predicted octanol–water partition coefficient (Wildman–Crippen LogP) is 3.46. The highest BCUT2D eigenvalue weighted by atomic mass is 19.4. The summed E-state index contributed by atoms with van der Waals surface area (Å²) in [5, 5.41) is 2.75. The topological polar surface area (TPSA) is 57.7 Å². The van der Waals surface area contributed by atoms with Crippen molar-refractivity contribution >= 4 is 22.5 Å². The van der Waals surface area contributed by atoms with E-state index < -0.39 is 41.2 Å². The number of halogens is 6. The van der Waals surface area contributed by atoms with E-state index in [4.69, 9.17) is 4.74 Å². The van der Waals surface area contributed by atoms with Gasteiger partial charge in [0.15, 0.2) is 0 Å². The first kappa shape index (κ1) is 24.1. The van der Waals surface area contributed by atoms with E-state index in [9.17, 15) is 31.1 Å². The number of alkyl halides is 6. The summed E-state index contributed by atoms with van der Waals surface area (Å²) < 4.78 is 88.8. The summed E-state index contributed by atoms with van der Waals surface area (Å²) in [7, 11) is 1.89. The molecule has 2 aromatic rings. The molecule has 5 rings (SSSR count). The number of carbonyl (C=O) groups is 1. The molecule has 12 heteroatoms. The molecular weight excluding hydrogens is 478 g/mol. The molecule has 3 aliphatic rings. The Morgan fingerprint density at radius 2 is 1.97 bits per heavy atom. The highest BCUT2D eigenvalue weighted by molar-refractivity contribution is 5.96. The summed E-state index contributed by atoms with van der Waals surface area (Å²) >= 11 is 0. The molecule has 0 radical (unpaired) electrons. The van der Waals surface area contributed by atoms with Crippen LogP contribution in [0.25, 0.3) is 10.9 Å². The Balaban J connectivity index is 1.44. The van der Waals surface area contributed by atoms with Crippen LogP contribution < -0.4 is 10.2 Å². The van der Waals surface area contributed by atoms with Crippen LogP contribution in [0.1, 0.15) is 12.0 Å². The first-order chi connectivity index (χ1) is 16.4. The molecule has 0 bridgehead atoms. The molecule has 1 aromatic carbocycles. The second kappa shape index (κ2) is 7.95. The molecule has 1 aliphatic carbocycles. The van der Waals surface area contributed by atoms with Gasteiger partial charge in [0.1, 0.15) is 5.41 Å². The SMILES string of the molecule is CN1CCOC(CNC(=O)C23CN(c4ccc(C(F)(F)F)c5ncccc45)CC2(C(F)(F)F)C3)C1. The summed E-state index contributed by atoms with van der Waals surface area (Å²) in [6.45, 7) is 1.08. The summed E-state index contributed by atoms with van der Waals surface area (Å²) in [6.07, 6.45) is -8.79. The number of amides is 1. The Bertz CT molecular complexity index is 1160. The normalized spacial score (nSPS) is 29.3. The molecule has 35 heavy (non-hydrogen) atoms. The van der Waals surface area contributed by atoms with Gasteiger partial charge in [-0.15, -0.1) is 0 Å². The van der Waals surface area contributed by atoms with E-state index in [2.05, 4.69) is 10.3 Å². The highest BCUT2D eigenvalue weighted by Gasteiger charge is 2.86. The fraction of sp³-hybridized carbons (Fsp3) is 0.565. The van der Waals surface area contributed by atoms with Crippen LogP contribution in [0.4, 0.5) is 32.0 Å². The minimum atomic E-state index is -4.66. The van der Waals surface area contributed by atoms with Gasteiger partial charge in [0, 0.05) is 50.0 Å². The fourth-order valence-electron chi connectivity index (χ4n) is 5.62. The quantitative estimate of drug-likeness (QED) is 0.650. The van der Waals surface area contributed by atoms with E-state index >= 15 is 0 Å². The molecular formula is C23H24F6N4O2. The number of piperidine rings is 1. The van der Waals surface area contributed by atoms with Gasteiger partial charge in [-0.2, -0.15) is 26.3 Å². The van der Waals surface area contributed by atoms with Crippen molar-refractivity contribution in [1.82, 2.24) is 15.2 Å². The number of ether oxygens (including phenoxy) is 1. The van der Waals surface area contributed by atoms with Crippen LogP contribution in [0.3, 0.4) is 0 Å². The van der Waals surface area contributed by atoms with E-state index in [1.165, 1.54) is 29.3 Å². The van der Waals surface area contributed by atoms with Crippen LogP contribution in [0.5, 0.6) is 0 Å². The predicted molar refractivity (Wildman–Crippen MR) is 115 cm³/mol. The lowest BCUT2D eigenvalue weighted by molar-refractivity contribution is -0.191. The van der Waals surface area contributed by atoms with E-state index in [0.717, 1.165) is 12.6 Å². The molecule has 1 aromatic heterocycles. The van der Waals surface area contributed by atoms with E-state index in [1.54, 1.807) is 0 Å². The molecule has 3 unspecified atom stereocenters. The van der Waals surface area contributed by atoms with Crippen molar-refractivity contribution in [2.24, 2.45) is 10.8 Å². The third-order valence-corrected chi connectivity index (χ3v) is 7.52. The first-order valence-electron chi connectivity index (χ1n) is 11.2. The number of nitrogens with one attached hydrogen (secondary N) is 1. The van der Waals surface area contributed by atoms with Gasteiger partial charge in [0.25, 0.3) is 0 Å². The molecule has 2 aliphatic heterocycles. The van der Waals surface area contributed by atoms with Crippen molar-refractivity contribution in [1.29, 1.82) is 0 Å². The van der Waals surface area contributed by atoms with Crippen molar-refractivity contribution in [3.8, 4) is 0 Å². The van der Waals surface area contributed by atoms with Gasteiger partial charge >= 0.3 is 12.4 Å². The number of nitrogens with zero attached hydrogens (tertiary/aromatic N) is 3. The van der Waals surface area contributed by atoms with E-state index in [1.807, 2.05) is 11.9 Å². The minimum Gasteiger partial charge on any atom is -0.374 e. The molecule has 1 amide bonds. The Morgan fingerprint density at radius 1 is 1.20 bits per heavy atom. The lowest BCUT2D eigenvalue weighted by Crippen LogP contribution is -2.48. The number of hydrogen-bond donors (Lipinski definition) is 1. The summed E-state index contributed by atoms with van der Waals surface area (Å²) in [4.78, 5) is 20.4. The molecule has 6 nitrogen and oxygen atoms in total. The number of hydrogen-bond acceptors (Lipinski definition) is 5. The molecule has 190 valence electrons. The molecule has 2 saturated heterocycles. The summed E-state index contributed by atoms with van der Waals surface area (Å²) in [5.74, 6) is -0.705. The van der Waals surface area contributed by atoms with Gasteiger partial charge in [0.2, 0.25) is 5.91 Å². The van der Waals surface area contributed by atoms with Gasteiger partial charge in [0.05, 0.1) is 29.2 Å². The van der Waals surface area contributed by atoms with Gasteiger partial charge < -0.3 is 19.9 Å². The number of rotatable bonds is 4. The van der Waals surface area contributed by atoms with Gasteiger partial charge in [-0.25, -0.2) is 0 Å². The molecule has 3 atom stereocenters. The number of anilines is 1. The highest BCUT2D eigenvalue weighted by Crippen LogP contribution is 2.75. The Morgan fingerprint density at radius 3 is 2.66 bits per heavy atom. The van der Waals surface area contributed by atoms with Crippen molar-refractivity contribution in [3.05, 3.63) is 36.0 Å². The third kappa shape index (κ3) is 3.81. The number of likely N-dealkylation sites (N-methyl/N-ethyl adjacent to an activating group) is 1. The smallest absolute Gasteiger partial charge is 0.374 e. The van der Waals surface area contributed by atoms with E-state index in [0.29, 0.717) is 13.2 Å². The molecule has 0 spiro atoms. The molecule has 1 saturated carbocycles. The van der Waals surface area contributed by atoms with Gasteiger partial charge in [-0.3, -0.25) is 9.78 Å². The maximum absolute atomic E-state index is 14.3. The third-order valence-electron chi connectivity index (χ3n) is 7.52. The average Bonchev–Trinajstić information content (AvgIpc) is 3.33. The standard InChI is InChI=1S/C23H24F6N4O2/c1-32-7-8-35-14(10-32)9-31-19(34)20-11-21(20,23(27,28)29)13-33(12-20)17-5-4-16(22(24,25)26)18-15(17)3-2-6-30-18/h2-6,14H,7-13H2,1H3,(H,31,34). The lowest BCUT2D eigenvalue weighted by Gasteiger charge is -2.30. The molecule has 3 fully saturated rings. The zero-order chi connectivity index (χ0) is 25.2. The van der Waals surface area contributed by atoms with Crippen LogP contribution in [-0.2, 0) is 15.7 Å². The zero-order valence-corrected chi connectivity index (χ0v) is 18.8. The largest absolute Gasteiger partial charge is 0.418 e. The van der Waals surface area contributed by atoms with Crippen LogP contribution in [0, 0.1) is 10.8 Å². The monoisotopic (exact) mass is 502 g/mol. The molecule has 3 heterocycles. The average molecular weight is 502 g/mol. The van der Waals surface area contributed by atoms with Gasteiger partial charge in [-0.1, -0.05) is 0 Å². The van der Waals surface area contributed by atoms with E-state index in [-0.39, 0.29) is 42.2 Å². The second-order valence-corrected chi connectivity index (χ2v) is 9.69. The maximum atomic E-state index is 14.3. The molecule has 1 N–H and O–H groups in total. The Kier molecular flexibility index (Phi) is 5.48. The number of benzene rings is 1. The van der Waals surface area contributed by atoms with Crippen molar-refractivity contribution in [2.45, 2.75) is 24.9 Å². The van der Waals surface area contributed by atoms with Crippen LogP contribution >= 0.6 is 0 Å². The van der Waals surface area contributed by atoms with Crippen LogP contribution in [0.2, 0.25) is 0 Å². The van der Waals surface area contributed by atoms with Crippen LogP contribution in [-0.4, -0.2) is 74.4 Å². The van der Waals surface area contributed by atoms with Crippen molar-refractivity contribution < 1.29 is 35.9 Å². The number of aromatic nitrogens is 1. The van der Waals surface area contributed by atoms with Gasteiger partial charge in [-0.05, 0) is 37.7 Å². The lowest BCUT2D eigenvalue weighted by atomic mass is 9.94. The summed E-state index contributed by atoms with van der Waals surface area (Å²) in [5.41, 5.74) is -5.07. The minimum absolute atomic E-state index is 0.0893. The number of carbonyl (C=O) groups excluding carboxylic acids is 1. The number of pyridine rings is 1. The summed E-state index contributed by atoms with van der Waals surface area (Å²) in [6, 6.07) is 4.84. The number of morpholine rings is 1. The zero-order valence-electron chi connectivity index (χ0n) is 18.8. The van der Waals surface area contributed by atoms with Crippen molar-refractivity contribution in [2.75, 3.05) is 51.3 Å². The first-order valence-corrected chi connectivity index (χ1v) is 11.2. The van der Waals surface area contributed by atoms with Crippen LogP contribution in [0.15, 0.2) is 30.5 Å². The Hall–Kier alpha value is -2.60. The number of fused-ring (bicyclic) bond motifs is 2. The maximum Gasteiger partial charge on any atom is 0.418 e. The Labute approximate surface area is 197 Å². The van der Waals surface area contributed by atoms with Crippen molar-refractivity contribution in [3.63, 3.8) is 0 Å². The second-order valence-electron chi connectivity index (χ2n) is 9.69. The fourth-order valence-corrected chi connectivity index (χ4v) is 5.62.